The number of amides is 1. The molecule has 2 bridgehead atoms. The highest BCUT2D eigenvalue weighted by Crippen LogP contribution is 2.49. The van der Waals surface area contributed by atoms with Crippen LogP contribution in [0.15, 0.2) is 11.6 Å². The van der Waals surface area contributed by atoms with E-state index < -0.39 is 30.3 Å². The van der Waals surface area contributed by atoms with Crippen LogP contribution >= 0.6 is 0 Å². The monoisotopic (exact) mass is 323 g/mol. The Bertz CT molecular complexity index is 531. The third-order valence-electron chi connectivity index (χ3n) is 5.55. The molecule has 6 atom stereocenters. The number of carboxylic acids is 1. The summed E-state index contributed by atoms with van der Waals surface area (Å²) in [5, 5.41) is 19.8. The highest BCUT2D eigenvalue weighted by atomic mass is 16.5. The number of hydrogen-bond acceptors (Lipinski definition) is 4. The fraction of sp³-hybridized carbons (Fsp3) is 0.765. The predicted octanol–water partition coefficient (Wildman–Crippen LogP) is 1.39. The molecule has 0 spiro atoms. The maximum Gasteiger partial charge on any atom is 0.334 e. The highest BCUT2D eigenvalue weighted by Gasteiger charge is 2.63. The van der Waals surface area contributed by atoms with Crippen LogP contribution in [0.5, 0.6) is 0 Å². The standard InChI is InChI=1S/C17H25NO5/c1-3-5-6-9(4-2)8-18-15(19)12-11-7-10(17(21)22)14(23-11)13(12)16(18)20/h7,9,11-15,19H,3-6,8H2,1-2H3,(H,21,22). The molecule has 0 radical (unpaired) electrons. The number of carbonyl (C=O) groups excluding carboxylic acids is 1. The van der Waals surface area contributed by atoms with Gasteiger partial charge in [-0.3, -0.25) is 4.79 Å². The number of unbranched alkanes of at least 4 members (excludes halogenated alkanes) is 1. The Balaban J connectivity index is 1.74. The van der Waals surface area contributed by atoms with Crippen molar-refractivity contribution in [2.75, 3.05) is 6.54 Å². The molecule has 128 valence electrons. The van der Waals surface area contributed by atoms with E-state index in [2.05, 4.69) is 13.8 Å². The van der Waals surface area contributed by atoms with Crippen molar-refractivity contribution in [1.29, 1.82) is 0 Å². The summed E-state index contributed by atoms with van der Waals surface area (Å²) in [6.45, 7) is 4.79. The fourth-order valence-corrected chi connectivity index (χ4v) is 4.21. The Morgan fingerprint density at radius 3 is 2.78 bits per heavy atom. The fourth-order valence-electron chi connectivity index (χ4n) is 4.21. The number of aliphatic carboxylic acids is 1. The summed E-state index contributed by atoms with van der Waals surface area (Å²) < 4.78 is 5.62. The van der Waals surface area contributed by atoms with Crippen molar-refractivity contribution in [2.45, 2.75) is 58.0 Å². The first-order chi connectivity index (χ1) is 11.0. The molecule has 1 amide bonds. The lowest BCUT2D eigenvalue weighted by Gasteiger charge is -2.28. The molecule has 3 aliphatic rings. The topological polar surface area (TPSA) is 87.1 Å². The minimum Gasteiger partial charge on any atom is -0.478 e. The molecule has 3 aliphatic heterocycles. The van der Waals surface area contributed by atoms with Gasteiger partial charge in [0.1, 0.15) is 12.3 Å². The number of carboxylic acid groups (broad SMARTS) is 1. The van der Waals surface area contributed by atoms with Gasteiger partial charge in [-0.05, 0) is 18.4 Å². The number of aliphatic hydroxyl groups is 1. The predicted molar refractivity (Wildman–Crippen MR) is 82.4 cm³/mol. The molecule has 6 heteroatoms. The van der Waals surface area contributed by atoms with Gasteiger partial charge < -0.3 is 19.8 Å². The average molecular weight is 323 g/mol. The largest absolute Gasteiger partial charge is 0.478 e. The van der Waals surface area contributed by atoms with E-state index in [1.807, 2.05) is 0 Å². The van der Waals surface area contributed by atoms with Gasteiger partial charge in [0.05, 0.1) is 17.6 Å². The molecule has 0 aromatic carbocycles. The van der Waals surface area contributed by atoms with Crippen molar-refractivity contribution in [1.82, 2.24) is 4.90 Å². The summed E-state index contributed by atoms with van der Waals surface area (Å²) >= 11 is 0. The van der Waals surface area contributed by atoms with Gasteiger partial charge in [0.15, 0.2) is 0 Å². The number of fused-ring (bicyclic) bond motifs is 5. The van der Waals surface area contributed by atoms with Crippen LogP contribution in [0.3, 0.4) is 0 Å². The van der Waals surface area contributed by atoms with Crippen molar-refractivity contribution in [3.05, 3.63) is 11.6 Å². The molecule has 3 rings (SSSR count). The molecule has 3 heterocycles. The Morgan fingerprint density at radius 1 is 1.43 bits per heavy atom. The van der Waals surface area contributed by atoms with E-state index in [4.69, 9.17) is 4.74 Å². The zero-order valence-corrected chi connectivity index (χ0v) is 13.6. The van der Waals surface area contributed by atoms with Crippen molar-refractivity contribution in [3.63, 3.8) is 0 Å². The average Bonchev–Trinajstić information content (AvgIpc) is 3.17. The number of nitrogens with zero attached hydrogens (tertiary/aromatic N) is 1. The first kappa shape index (κ1) is 16.5. The zero-order chi connectivity index (χ0) is 16.7. The maximum atomic E-state index is 12.7. The Kier molecular flexibility index (Phi) is 4.47. The third-order valence-corrected chi connectivity index (χ3v) is 5.55. The van der Waals surface area contributed by atoms with Gasteiger partial charge in [-0.15, -0.1) is 0 Å². The zero-order valence-electron chi connectivity index (χ0n) is 13.6. The Labute approximate surface area is 136 Å². The first-order valence-corrected chi connectivity index (χ1v) is 8.58. The van der Waals surface area contributed by atoms with Crippen molar-refractivity contribution in [2.24, 2.45) is 17.8 Å². The van der Waals surface area contributed by atoms with Gasteiger partial charge in [0.25, 0.3) is 0 Å². The van der Waals surface area contributed by atoms with Crippen LogP contribution in [0.4, 0.5) is 0 Å². The minimum absolute atomic E-state index is 0.156. The van der Waals surface area contributed by atoms with Crippen molar-refractivity contribution in [3.8, 4) is 0 Å². The van der Waals surface area contributed by atoms with E-state index in [1.165, 1.54) is 0 Å². The van der Waals surface area contributed by atoms with E-state index >= 15 is 0 Å². The van der Waals surface area contributed by atoms with E-state index in [0.717, 1.165) is 25.7 Å². The minimum atomic E-state index is -1.04. The number of rotatable bonds is 7. The van der Waals surface area contributed by atoms with E-state index in [0.29, 0.717) is 12.5 Å². The second-order valence-corrected chi connectivity index (χ2v) is 6.87. The van der Waals surface area contributed by atoms with Crippen LogP contribution in [0.2, 0.25) is 0 Å². The molecule has 6 unspecified atom stereocenters. The maximum absolute atomic E-state index is 12.7. The molecule has 0 saturated carbocycles. The summed E-state index contributed by atoms with van der Waals surface area (Å²) in [6.07, 6.45) is 3.76. The van der Waals surface area contributed by atoms with Gasteiger partial charge in [0.2, 0.25) is 5.91 Å². The molecule has 0 aromatic rings. The van der Waals surface area contributed by atoms with Crippen LogP contribution in [0, 0.1) is 17.8 Å². The smallest absolute Gasteiger partial charge is 0.334 e. The SMILES string of the molecule is CCCCC(CC)CN1C(=O)C2C3OC(C=C3C(=O)O)C2C1O. The Hall–Kier alpha value is -1.40. The molecule has 2 saturated heterocycles. The van der Waals surface area contributed by atoms with Crippen LogP contribution in [-0.2, 0) is 14.3 Å². The quantitative estimate of drug-likeness (QED) is 0.739. The summed E-state index contributed by atoms with van der Waals surface area (Å²) in [6, 6.07) is 0. The molecular weight excluding hydrogens is 298 g/mol. The lowest BCUT2D eigenvalue weighted by molar-refractivity contribution is -0.140. The van der Waals surface area contributed by atoms with Gasteiger partial charge >= 0.3 is 5.97 Å². The molecule has 2 fully saturated rings. The number of ether oxygens (including phenoxy) is 1. The van der Waals surface area contributed by atoms with Crippen molar-refractivity contribution >= 4 is 11.9 Å². The number of hydrogen-bond donors (Lipinski definition) is 2. The summed E-state index contributed by atoms with van der Waals surface area (Å²) in [7, 11) is 0. The number of aliphatic hydroxyl groups excluding tert-OH is 1. The van der Waals surface area contributed by atoms with E-state index in [9.17, 15) is 19.8 Å². The van der Waals surface area contributed by atoms with Gasteiger partial charge in [-0.1, -0.05) is 33.1 Å². The second-order valence-electron chi connectivity index (χ2n) is 6.87. The number of likely N-dealkylation sites (tertiary alicyclic amines) is 1. The van der Waals surface area contributed by atoms with Crippen LogP contribution in [0.1, 0.15) is 39.5 Å². The first-order valence-electron chi connectivity index (χ1n) is 8.58. The van der Waals surface area contributed by atoms with Gasteiger partial charge in [-0.25, -0.2) is 4.79 Å². The summed E-state index contributed by atoms with van der Waals surface area (Å²) in [5.41, 5.74) is 0.164. The summed E-state index contributed by atoms with van der Waals surface area (Å²) in [4.78, 5) is 25.6. The van der Waals surface area contributed by atoms with Crippen LogP contribution in [-0.4, -0.2) is 52.0 Å². The molecular formula is C17H25NO5. The van der Waals surface area contributed by atoms with E-state index in [1.54, 1.807) is 11.0 Å². The molecule has 6 nitrogen and oxygen atoms in total. The van der Waals surface area contributed by atoms with E-state index in [-0.39, 0.29) is 17.4 Å². The second kappa shape index (κ2) is 6.24. The van der Waals surface area contributed by atoms with Gasteiger partial charge in [0, 0.05) is 12.5 Å². The lowest BCUT2D eigenvalue weighted by Crippen LogP contribution is -2.41. The molecule has 23 heavy (non-hydrogen) atoms. The van der Waals surface area contributed by atoms with Crippen LogP contribution < -0.4 is 0 Å². The third kappa shape index (κ3) is 2.58. The lowest BCUT2D eigenvalue weighted by atomic mass is 9.81. The molecule has 0 aromatic heterocycles. The highest BCUT2D eigenvalue weighted by molar-refractivity contribution is 5.93. The van der Waals surface area contributed by atoms with Crippen molar-refractivity contribution < 1.29 is 24.5 Å². The normalized spacial score (nSPS) is 36.3. The Morgan fingerprint density at radius 2 is 2.17 bits per heavy atom. The van der Waals surface area contributed by atoms with Gasteiger partial charge in [-0.2, -0.15) is 0 Å². The molecule has 0 aliphatic carbocycles. The summed E-state index contributed by atoms with van der Waals surface area (Å²) in [5.74, 6) is -1.70. The van der Waals surface area contributed by atoms with Crippen LogP contribution in [0.25, 0.3) is 0 Å². The number of carbonyl (C=O) groups is 2. The molecule has 2 N–H and O–H groups in total.